The first kappa shape index (κ1) is 24.7. The first-order valence-electron chi connectivity index (χ1n) is 11.1. The number of hydrogen-bond acceptors (Lipinski definition) is 3. The third-order valence-corrected chi connectivity index (χ3v) is 5.51. The maximum absolute atomic E-state index is 4.85. The zero-order chi connectivity index (χ0) is 20.3. The molecule has 166 valence electrons. The highest BCUT2D eigenvalue weighted by atomic mass is 127. The lowest BCUT2D eigenvalue weighted by Crippen LogP contribution is -2.39. The fourth-order valence-electron chi connectivity index (χ4n) is 3.83. The maximum atomic E-state index is 4.85. The third kappa shape index (κ3) is 7.91. The number of guanidine groups is 1. The van der Waals surface area contributed by atoms with Crippen molar-refractivity contribution in [2.24, 2.45) is 10.9 Å². The standard InChI is InChI=1S/C23H36N6.HI/c1-3-15-28-17-11-21(12-18-28)19-26-23(24-4-2)25-14-10-20-6-8-22(9-7-20)29-16-5-13-27-29;/h5-9,13,16,21H,3-4,10-12,14-15,17-19H2,1-2H3,(H2,24,25,26);1H. The lowest BCUT2D eigenvalue weighted by molar-refractivity contribution is 0.188. The van der Waals surface area contributed by atoms with Gasteiger partial charge in [-0.3, -0.25) is 4.99 Å². The summed E-state index contributed by atoms with van der Waals surface area (Å²) in [6, 6.07) is 10.5. The number of piperidine rings is 1. The van der Waals surface area contributed by atoms with Gasteiger partial charge in [0.05, 0.1) is 5.69 Å². The van der Waals surface area contributed by atoms with Crippen LogP contribution in [-0.2, 0) is 6.42 Å². The minimum Gasteiger partial charge on any atom is -0.357 e. The highest BCUT2D eigenvalue weighted by molar-refractivity contribution is 14.0. The second kappa shape index (κ2) is 13.6. The molecule has 0 bridgehead atoms. The van der Waals surface area contributed by atoms with Crippen LogP contribution in [0.2, 0.25) is 0 Å². The largest absolute Gasteiger partial charge is 0.357 e. The molecule has 30 heavy (non-hydrogen) atoms. The summed E-state index contributed by atoms with van der Waals surface area (Å²) in [5, 5.41) is 11.1. The number of benzene rings is 1. The number of nitrogens with zero attached hydrogens (tertiary/aromatic N) is 4. The van der Waals surface area contributed by atoms with Crippen molar-refractivity contribution in [3.63, 3.8) is 0 Å². The molecule has 1 aromatic carbocycles. The molecule has 0 saturated carbocycles. The molecule has 6 nitrogen and oxygen atoms in total. The second-order valence-electron chi connectivity index (χ2n) is 7.80. The van der Waals surface area contributed by atoms with Crippen LogP contribution >= 0.6 is 24.0 Å². The van der Waals surface area contributed by atoms with Gasteiger partial charge in [0.1, 0.15) is 0 Å². The summed E-state index contributed by atoms with van der Waals surface area (Å²) in [6.07, 6.45) is 8.52. The van der Waals surface area contributed by atoms with Crippen LogP contribution in [0, 0.1) is 5.92 Å². The van der Waals surface area contributed by atoms with Gasteiger partial charge < -0.3 is 15.5 Å². The molecule has 2 N–H and O–H groups in total. The van der Waals surface area contributed by atoms with Crippen LogP contribution in [0.4, 0.5) is 0 Å². The molecule has 0 spiro atoms. The zero-order valence-corrected chi connectivity index (χ0v) is 20.7. The van der Waals surface area contributed by atoms with Crippen LogP contribution in [-0.4, -0.2) is 59.9 Å². The Bertz CT molecular complexity index is 721. The smallest absolute Gasteiger partial charge is 0.191 e. The van der Waals surface area contributed by atoms with Crippen molar-refractivity contribution in [1.29, 1.82) is 0 Å². The zero-order valence-electron chi connectivity index (χ0n) is 18.4. The number of nitrogens with one attached hydrogen (secondary N) is 2. The lowest BCUT2D eigenvalue weighted by Gasteiger charge is -2.31. The van der Waals surface area contributed by atoms with Crippen LogP contribution in [0.3, 0.4) is 0 Å². The van der Waals surface area contributed by atoms with Crippen molar-refractivity contribution in [3.05, 3.63) is 48.3 Å². The highest BCUT2D eigenvalue weighted by Gasteiger charge is 2.18. The van der Waals surface area contributed by atoms with E-state index in [9.17, 15) is 0 Å². The number of hydrogen-bond donors (Lipinski definition) is 2. The molecular weight excluding hydrogens is 487 g/mol. The molecule has 1 aromatic heterocycles. The molecule has 3 rings (SSSR count). The van der Waals surface area contributed by atoms with E-state index in [2.05, 4.69) is 58.7 Å². The van der Waals surface area contributed by atoms with Gasteiger partial charge in [-0.1, -0.05) is 19.1 Å². The van der Waals surface area contributed by atoms with Gasteiger partial charge in [-0.25, -0.2) is 4.68 Å². The monoisotopic (exact) mass is 524 g/mol. The van der Waals surface area contributed by atoms with Gasteiger partial charge in [-0.15, -0.1) is 24.0 Å². The van der Waals surface area contributed by atoms with E-state index in [0.717, 1.165) is 37.7 Å². The molecule has 2 aromatic rings. The van der Waals surface area contributed by atoms with Crippen LogP contribution < -0.4 is 10.6 Å². The van der Waals surface area contributed by atoms with Gasteiger partial charge in [-0.05, 0) is 81.9 Å². The second-order valence-corrected chi connectivity index (χ2v) is 7.80. The Hall–Kier alpha value is -1.61. The molecule has 0 atom stereocenters. The summed E-state index contributed by atoms with van der Waals surface area (Å²) in [5.74, 6) is 1.66. The van der Waals surface area contributed by atoms with Crippen molar-refractivity contribution in [2.75, 3.05) is 39.3 Å². The number of halogens is 1. The Balaban J connectivity index is 0.00000320. The van der Waals surface area contributed by atoms with Crippen molar-refractivity contribution in [2.45, 2.75) is 39.5 Å². The van der Waals surface area contributed by atoms with Crippen molar-refractivity contribution >= 4 is 29.9 Å². The normalized spacial score (nSPS) is 15.6. The highest BCUT2D eigenvalue weighted by Crippen LogP contribution is 2.17. The van der Waals surface area contributed by atoms with Gasteiger partial charge in [-0.2, -0.15) is 5.10 Å². The number of rotatable bonds is 9. The Morgan fingerprint density at radius 3 is 2.53 bits per heavy atom. The molecule has 0 aliphatic carbocycles. The first-order chi connectivity index (χ1) is 14.3. The Labute approximate surface area is 198 Å². The van der Waals surface area contributed by atoms with E-state index in [-0.39, 0.29) is 24.0 Å². The molecule has 0 radical (unpaired) electrons. The maximum Gasteiger partial charge on any atom is 0.191 e. The summed E-state index contributed by atoms with van der Waals surface area (Å²) in [6.45, 7) is 10.8. The summed E-state index contributed by atoms with van der Waals surface area (Å²) in [7, 11) is 0. The fourth-order valence-corrected chi connectivity index (χ4v) is 3.83. The lowest BCUT2D eigenvalue weighted by atomic mass is 9.97. The van der Waals surface area contributed by atoms with Crippen LogP contribution in [0.15, 0.2) is 47.7 Å². The quantitative estimate of drug-likeness (QED) is 0.299. The van der Waals surface area contributed by atoms with Crippen LogP contribution in [0.25, 0.3) is 5.69 Å². The fraction of sp³-hybridized carbons (Fsp3) is 0.565. The van der Waals surface area contributed by atoms with E-state index in [1.807, 2.05) is 16.9 Å². The molecule has 1 fully saturated rings. The van der Waals surface area contributed by atoms with Gasteiger partial charge in [0.15, 0.2) is 5.96 Å². The number of aliphatic imine (C=N–C) groups is 1. The molecule has 1 saturated heterocycles. The van der Waals surface area contributed by atoms with E-state index >= 15 is 0 Å². The summed E-state index contributed by atoms with van der Waals surface area (Å²) in [5.41, 5.74) is 2.40. The van der Waals surface area contributed by atoms with Gasteiger partial charge in [0.25, 0.3) is 0 Å². The van der Waals surface area contributed by atoms with Crippen LogP contribution in [0.5, 0.6) is 0 Å². The number of aromatic nitrogens is 2. The third-order valence-electron chi connectivity index (χ3n) is 5.51. The Kier molecular flexibility index (Phi) is 11.2. The average Bonchev–Trinajstić information content (AvgIpc) is 3.29. The predicted octanol–water partition coefficient (Wildman–Crippen LogP) is 3.71. The SMILES string of the molecule is CCCN1CCC(CN=C(NCC)NCCc2ccc(-n3cccn3)cc2)CC1.I. The van der Waals surface area contributed by atoms with Crippen LogP contribution in [0.1, 0.15) is 38.7 Å². The minimum absolute atomic E-state index is 0. The van der Waals surface area contributed by atoms with Gasteiger partial charge in [0.2, 0.25) is 0 Å². The summed E-state index contributed by atoms with van der Waals surface area (Å²) in [4.78, 5) is 7.44. The van der Waals surface area contributed by atoms with E-state index in [0.29, 0.717) is 5.92 Å². The Morgan fingerprint density at radius 2 is 1.90 bits per heavy atom. The summed E-state index contributed by atoms with van der Waals surface area (Å²) < 4.78 is 1.88. The minimum atomic E-state index is 0. The molecule has 0 unspecified atom stereocenters. The van der Waals surface area contributed by atoms with Crippen molar-refractivity contribution in [1.82, 2.24) is 25.3 Å². The molecule has 2 heterocycles. The molecule has 0 amide bonds. The predicted molar refractivity (Wildman–Crippen MR) is 136 cm³/mol. The molecule has 7 heteroatoms. The molecule has 1 aliphatic rings. The molecule has 1 aliphatic heterocycles. The van der Waals surface area contributed by atoms with E-state index < -0.39 is 0 Å². The average molecular weight is 524 g/mol. The van der Waals surface area contributed by atoms with Gasteiger partial charge in [0, 0.05) is 32.0 Å². The van der Waals surface area contributed by atoms with Gasteiger partial charge >= 0.3 is 0 Å². The van der Waals surface area contributed by atoms with E-state index in [1.54, 1.807) is 6.20 Å². The van der Waals surface area contributed by atoms with Crippen molar-refractivity contribution < 1.29 is 0 Å². The molecular formula is C23H37IN6. The van der Waals surface area contributed by atoms with E-state index in [1.165, 1.54) is 44.5 Å². The number of likely N-dealkylation sites (tertiary alicyclic amines) is 1. The van der Waals surface area contributed by atoms with E-state index in [4.69, 9.17) is 4.99 Å². The summed E-state index contributed by atoms with van der Waals surface area (Å²) >= 11 is 0. The first-order valence-corrected chi connectivity index (χ1v) is 11.1. The van der Waals surface area contributed by atoms with Crippen molar-refractivity contribution in [3.8, 4) is 5.69 Å². The topological polar surface area (TPSA) is 57.5 Å². The Morgan fingerprint density at radius 1 is 1.13 bits per heavy atom.